The van der Waals surface area contributed by atoms with Crippen molar-refractivity contribution in [2.75, 3.05) is 6.54 Å². The van der Waals surface area contributed by atoms with E-state index in [0.29, 0.717) is 5.41 Å². The zero-order chi connectivity index (χ0) is 13.6. The molecule has 0 aliphatic heterocycles. The molecule has 1 aromatic heterocycles. The van der Waals surface area contributed by atoms with Gasteiger partial charge in [0.05, 0.1) is 0 Å². The van der Waals surface area contributed by atoms with Gasteiger partial charge >= 0.3 is 0 Å². The van der Waals surface area contributed by atoms with Crippen LogP contribution in [-0.4, -0.2) is 12.1 Å². The Morgan fingerprint density at radius 1 is 1.17 bits per heavy atom. The lowest BCUT2D eigenvalue weighted by atomic mass is 9.95. The van der Waals surface area contributed by atoms with Crippen molar-refractivity contribution in [3.05, 3.63) is 21.9 Å². The van der Waals surface area contributed by atoms with Gasteiger partial charge in [0, 0.05) is 15.3 Å². The predicted octanol–water partition coefficient (Wildman–Crippen LogP) is 4.54. The molecule has 1 aliphatic rings. The average molecular weight is 265 g/mol. The summed E-state index contributed by atoms with van der Waals surface area (Å²) in [5, 5.41) is 3.63. The van der Waals surface area contributed by atoms with Crippen LogP contribution < -0.4 is 5.32 Å². The zero-order valence-electron chi connectivity index (χ0n) is 12.6. The van der Waals surface area contributed by atoms with Gasteiger partial charge in [-0.2, -0.15) is 0 Å². The minimum atomic E-state index is 0.249. The summed E-state index contributed by atoms with van der Waals surface area (Å²) in [6.07, 6.45) is 1.37. The fourth-order valence-corrected chi connectivity index (χ4v) is 3.49. The van der Waals surface area contributed by atoms with Crippen molar-refractivity contribution in [2.24, 2.45) is 5.92 Å². The summed E-state index contributed by atoms with van der Waals surface area (Å²) >= 11 is 2.02. The highest BCUT2D eigenvalue weighted by Crippen LogP contribution is 2.50. The van der Waals surface area contributed by atoms with Gasteiger partial charge < -0.3 is 5.32 Å². The second-order valence-electron chi connectivity index (χ2n) is 7.69. The fourth-order valence-electron chi connectivity index (χ4n) is 2.21. The topological polar surface area (TPSA) is 12.0 Å². The molecule has 2 rings (SSSR count). The first-order chi connectivity index (χ1) is 8.17. The van der Waals surface area contributed by atoms with Crippen molar-refractivity contribution in [3.63, 3.8) is 0 Å². The van der Waals surface area contributed by atoms with Crippen molar-refractivity contribution in [3.8, 4) is 0 Å². The second kappa shape index (κ2) is 4.64. The van der Waals surface area contributed by atoms with E-state index in [-0.39, 0.29) is 5.54 Å². The van der Waals surface area contributed by atoms with Gasteiger partial charge in [-0.05, 0) is 63.1 Å². The maximum atomic E-state index is 3.63. The lowest BCUT2D eigenvalue weighted by molar-refractivity contribution is 0.414. The van der Waals surface area contributed by atoms with E-state index in [2.05, 4.69) is 59.0 Å². The lowest BCUT2D eigenvalue weighted by Crippen LogP contribution is -2.37. The molecular formula is C16H27NS. The summed E-state index contributed by atoms with van der Waals surface area (Å²) < 4.78 is 0. The van der Waals surface area contributed by atoms with Crippen molar-refractivity contribution in [2.45, 2.75) is 64.8 Å². The van der Waals surface area contributed by atoms with Crippen LogP contribution in [0.5, 0.6) is 0 Å². The molecule has 2 unspecified atom stereocenters. The summed E-state index contributed by atoms with van der Waals surface area (Å²) in [6, 6.07) is 4.68. The third-order valence-corrected chi connectivity index (χ3v) is 5.19. The highest BCUT2D eigenvalue weighted by Gasteiger charge is 2.39. The molecule has 0 aromatic carbocycles. The van der Waals surface area contributed by atoms with Crippen LogP contribution in [-0.2, 0) is 5.41 Å². The molecule has 2 heteroatoms. The first kappa shape index (κ1) is 14.1. The molecule has 1 N–H and O–H groups in total. The van der Waals surface area contributed by atoms with Crippen LogP contribution in [0, 0.1) is 5.92 Å². The number of hydrogen-bond donors (Lipinski definition) is 1. The Morgan fingerprint density at radius 3 is 2.33 bits per heavy atom. The van der Waals surface area contributed by atoms with Crippen LogP contribution >= 0.6 is 11.3 Å². The lowest BCUT2D eigenvalue weighted by Gasteiger charge is -2.20. The summed E-state index contributed by atoms with van der Waals surface area (Å²) in [4.78, 5) is 3.12. The first-order valence-electron chi connectivity index (χ1n) is 7.02. The standard InChI is InChI=1S/C16H27NS/c1-15(2,3)14-8-7-13(18-14)12-9-11(12)10-17-16(4,5)6/h7-8,11-12,17H,9-10H2,1-6H3. The van der Waals surface area contributed by atoms with Gasteiger partial charge in [0.2, 0.25) is 0 Å². The maximum absolute atomic E-state index is 3.63. The molecule has 1 aliphatic carbocycles. The molecule has 0 radical (unpaired) electrons. The third kappa shape index (κ3) is 3.58. The maximum Gasteiger partial charge on any atom is 0.0102 e. The Balaban J connectivity index is 1.90. The van der Waals surface area contributed by atoms with Gasteiger partial charge in [0.25, 0.3) is 0 Å². The van der Waals surface area contributed by atoms with Gasteiger partial charge in [-0.3, -0.25) is 0 Å². The molecule has 1 fully saturated rings. The van der Waals surface area contributed by atoms with Gasteiger partial charge in [0.15, 0.2) is 0 Å². The van der Waals surface area contributed by atoms with Gasteiger partial charge in [-0.25, -0.2) is 0 Å². The highest BCUT2D eigenvalue weighted by atomic mass is 32.1. The SMILES string of the molecule is CC(C)(C)NCC1CC1c1ccc(C(C)(C)C)s1. The first-order valence-corrected chi connectivity index (χ1v) is 7.84. The van der Waals surface area contributed by atoms with E-state index in [1.165, 1.54) is 11.3 Å². The highest BCUT2D eigenvalue weighted by molar-refractivity contribution is 7.12. The van der Waals surface area contributed by atoms with Crippen LogP contribution in [0.1, 0.15) is 63.6 Å². The number of nitrogens with one attached hydrogen (secondary N) is 1. The Labute approximate surface area is 116 Å². The predicted molar refractivity (Wildman–Crippen MR) is 81.6 cm³/mol. The number of hydrogen-bond acceptors (Lipinski definition) is 2. The van der Waals surface area contributed by atoms with E-state index in [1.54, 1.807) is 4.88 Å². The Kier molecular flexibility index (Phi) is 3.63. The Bertz CT molecular complexity index is 405. The third-order valence-electron chi connectivity index (χ3n) is 3.55. The molecule has 0 spiro atoms. The Morgan fingerprint density at radius 2 is 1.83 bits per heavy atom. The normalized spacial score (nSPS) is 24.3. The molecule has 2 atom stereocenters. The molecule has 18 heavy (non-hydrogen) atoms. The van der Waals surface area contributed by atoms with E-state index >= 15 is 0 Å². The van der Waals surface area contributed by atoms with Crippen LogP contribution in [0.15, 0.2) is 12.1 Å². The number of rotatable bonds is 3. The smallest absolute Gasteiger partial charge is 0.0102 e. The van der Waals surface area contributed by atoms with Crippen molar-refractivity contribution >= 4 is 11.3 Å². The monoisotopic (exact) mass is 265 g/mol. The van der Waals surface area contributed by atoms with Gasteiger partial charge in [0.1, 0.15) is 0 Å². The Hall–Kier alpha value is -0.340. The van der Waals surface area contributed by atoms with Crippen LogP contribution in [0.3, 0.4) is 0 Å². The zero-order valence-corrected chi connectivity index (χ0v) is 13.4. The second-order valence-corrected chi connectivity index (χ2v) is 8.80. The molecule has 1 heterocycles. The summed E-state index contributed by atoms with van der Waals surface area (Å²) in [5.74, 6) is 1.68. The van der Waals surface area contributed by atoms with E-state index in [9.17, 15) is 0 Å². The minimum Gasteiger partial charge on any atom is -0.312 e. The molecule has 0 saturated heterocycles. The van der Waals surface area contributed by atoms with Crippen LogP contribution in [0.2, 0.25) is 0 Å². The van der Waals surface area contributed by atoms with E-state index < -0.39 is 0 Å². The van der Waals surface area contributed by atoms with Gasteiger partial charge in [-0.15, -0.1) is 11.3 Å². The van der Waals surface area contributed by atoms with Crippen molar-refractivity contribution in [1.82, 2.24) is 5.32 Å². The molecule has 0 bridgehead atoms. The fraction of sp³-hybridized carbons (Fsp3) is 0.750. The summed E-state index contributed by atoms with van der Waals surface area (Å²) in [6.45, 7) is 14.8. The minimum absolute atomic E-state index is 0.249. The number of thiophene rings is 1. The summed E-state index contributed by atoms with van der Waals surface area (Å²) in [7, 11) is 0. The summed E-state index contributed by atoms with van der Waals surface area (Å²) in [5.41, 5.74) is 0.552. The van der Waals surface area contributed by atoms with Crippen LogP contribution in [0.25, 0.3) is 0 Å². The van der Waals surface area contributed by atoms with Crippen LogP contribution in [0.4, 0.5) is 0 Å². The van der Waals surface area contributed by atoms with E-state index in [1.807, 2.05) is 11.3 Å². The molecule has 0 amide bonds. The molecule has 102 valence electrons. The van der Waals surface area contributed by atoms with E-state index in [4.69, 9.17) is 0 Å². The van der Waals surface area contributed by atoms with Gasteiger partial charge in [-0.1, -0.05) is 20.8 Å². The van der Waals surface area contributed by atoms with Crippen molar-refractivity contribution < 1.29 is 0 Å². The quantitative estimate of drug-likeness (QED) is 0.846. The molecule has 1 aromatic rings. The molecule has 1 saturated carbocycles. The van der Waals surface area contributed by atoms with Crippen molar-refractivity contribution in [1.29, 1.82) is 0 Å². The molecular weight excluding hydrogens is 238 g/mol. The molecule has 1 nitrogen and oxygen atoms in total. The van der Waals surface area contributed by atoms with E-state index in [0.717, 1.165) is 18.4 Å². The largest absolute Gasteiger partial charge is 0.312 e. The average Bonchev–Trinajstić information content (AvgIpc) is 2.78.